The van der Waals surface area contributed by atoms with Crippen LogP contribution in [-0.2, 0) is 9.53 Å². The van der Waals surface area contributed by atoms with Gasteiger partial charge in [-0.2, -0.15) is 0 Å². The molecular formula is C15H28N2O4. The SMILES string of the molecule is CCOC(C)(C)CNC(=O)N1CCC(CC)(C(=O)O)CC1. The molecule has 1 saturated heterocycles. The van der Waals surface area contributed by atoms with Crippen molar-refractivity contribution >= 4 is 12.0 Å². The van der Waals surface area contributed by atoms with E-state index in [1.165, 1.54) is 0 Å². The fourth-order valence-corrected chi connectivity index (χ4v) is 2.70. The van der Waals surface area contributed by atoms with Crippen molar-refractivity contribution in [3.05, 3.63) is 0 Å². The number of likely N-dealkylation sites (tertiary alicyclic amines) is 1. The first-order chi connectivity index (χ1) is 9.76. The van der Waals surface area contributed by atoms with Gasteiger partial charge in [0.05, 0.1) is 11.0 Å². The van der Waals surface area contributed by atoms with Gasteiger partial charge in [0.2, 0.25) is 0 Å². The molecule has 1 aliphatic heterocycles. The van der Waals surface area contributed by atoms with E-state index in [0.29, 0.717) is 45.5 Å². The number of urea groups is 1. The Morgan fingerprint density at radius 2 is 1.86 bits per heavy atom. The van der Waals surface area contributed by atoms with Crippen LogP contribution in [-0.4, -0.2) is 53.8 Å². The number of hydrogen-bond acceptors (Lipinski definition) is 3. The maximum Gasteiger partial charge on any atom is 0.317 e. The number of carboxylic acid groups (broad SMARTS) is 1. The molecule has 6 heteroatoms. The van der Waals surface area contributed by atoms with E-state index < -0.39 is 17.0 Å². The van der Waals surface area contributed by atoms with Crippen molar-refractivity contribution in [2.45, 2.75) is 52.6 Å². The summed E-state index contributed by atoms with van der Waals surface area (Å²) in [6, 6.07) is -0.141. The molecule has 0 radical (unpaired) electrons. The maximum atomic E-state index is 12.1. The molecule has 0 aromatic rings. The van der Waals surface area contributed by atoms with Crippen LogP contribution in [0.15, 0.2) is 0 Å². The highest BCUT2D eigenvalue weighted by atomic mass is 16.5. The van der Waals surface area contributed by atoms with Crippen molar-refractivity contribution in [2.24, 2.45) is 5.41 Å². The maximum absolute atomic E-state index is 12.1. The van der Waals surface area contributed by atoms with E-state index in [1.807, 2.05) is 27.7 Å². The van der Waals surface area contributed by atoms with E-state index in [2.05, 4.69) is 5.32 Å². The summed E-state index contributed by atoms with van der Waals surface area (Å²) in [6.45, 7) is 9.69. The molecule has 0 atom stereocenters. The van der Waals surface area contributed by atoms with Crippen LogP contribution in [0.2, 0.25) is 0 Å². The van der Waals surface area contributed by atoms with Gasteiger partial charge in [0.15, 0.2) is 0 Å². The van der Waals surface area contributed by atoms with Crippen LogP contribution >= 0.6 is 0 Å². The molecule has 0 aromatic heterocycles. The number of carboxylic acids is 1. The molecule has 1 aliphatic rings. The standard InChI is InChI=1S/C15H28N2O4/c1-5-15(12(18)19)7-9-17(10-8-15)13(20)16-11-14(3,4)21-6-2/h5-11H2,1-4H3,(H,16,20)(H,18,19). The minimum atomic E-state index is -0.748. The zero-order chi connectivity index (χ0) is 16.1. The van der Waals surface area contributed by atoms with Crippen LogP contribution in [0.5, 0.6) is 0 Å². The minimum Gasteiger partial charge on any atom is -0.481 e. The average molecular weight is 300 g/mol. The Kier molecular flexibility index (Phi) is 6.01. The van der Waals surface area contributed by atoms with E-state index >= 15 is 0 Å². The Labute approximate surface area is 126 Å². The van der Waals surface area contributed by atoms with Crippen molar-refractivity contribution in [3.63, 3.8) is 0 Å². The number of nitrogens with one attached hydrogen (secondary N) is 1. The zero-order valence-electron chi connectivity index (χ0n) is 13.6. The second kappa shape index (κ2) is 7.11. The largest absolute Gasteiger partial charge is 0.481 e. The first-order valence-electron chi connectivity index (χ1n) is 7.66. The summed E-state index contributed by atoms with van der Waals surface area (Å²) in [5, 5.41) is 12.2. The number of piperidine rings is 1. The van der Waals surface area contributed by atoms with Gasteiger partial charge in [-0.05, 0) is 40.0 Å². The molecule has 21 heavy (non-hydrogen) atoms. The molecule has 2 amide bonds. The van der Waals surface area contributed by atoms with Crippen molar-refractivity contribution in [3.8, 4) is 0 Å². The van der Waals surface area contributed by atoms with Crippen LogP contribution in [0.1, 0.15) is 47.0 Å². The topological polar surface area (TPSA) is 78.9 Å². The van der Waals surface area contributed by atoms with Crippen LogP contribution in [0.3, 0.4) is 0 Å². The number of carbonyl (C=O) groups excluding carboxylic acids is 1. The molecule has 1 heterocycles. The summed E-state index contributed by atoms with van der Waals surface area (Å²) < 4.78 is 5.54. The van der Waals surface area contributed by atoms with Gasteiger partial charge < -0.3 is 20.1 Å². The van der Waals surface area contributed by atoms with Gasteiger partial charge in [-0.15, -0.1) is 0 Å². The van der Waals surface area contributed by atoms with Crippen LogP contribution in [0, 0.1) is 5.41 Å². The lowest BCUT2D eigenvalue weighted by atomic mass is 9.76. The number of hydrogen-bond donors (Lipinski definition) is 2. The van der Waals surface area contributed by atoms with Crippen molar-refractivity contribution in [1.82, 2.24) is 10.2 Å². The highest BCUT2D eigenvalue weighted by molar-refractivity contribution is 5.77. The lowest BCUT2D eigenvalue weighted by molar-refractivity contribution is -0.151. The van der Waals surface area contributed by atoms with Crippen LogP contribution in [0.4, 0.5) is 4.79 Å². The predicted molar refractivity (Wildman–Crippen MR) is 80.3 cm³/mol. The Hall–Kier alpha value is -1.30. The summed E-state index contributed by atoms with van der Waals surface area (Å²) >= 11 is 0. The van der Waals surface area contributed by atoms with Gasteiger partial charge >= 0.3 is 12.0 Å². The Morgan fingerprint density at radius 3 is 2.29 bits per heavy atom. The van der Waals surface area contributed by atoms with Crippen LogP contribution < -0.4 is 5.32 Å². The molecule has 1 rings (SSSR count). The number of rotatable bonds is 6. The number of aliphatic carboxylic acids is 1. The summed E-state index contributed by atoms with van der Waals surface area (Å²) in [5.74, 6) is -0.748. The fourth-order valence-electron chi connectivity index (χ4n) is 2.70. The summed E-state index contributed by atoms with van der Waals surface area (Å²) in [5.41, 5.74) is -1.06. The summed E-state index contributed by atoms with van der Waals surface area (Å²) in [7, 11) is 0. The summed E-state index contributed by atoms with van der Waals surface area (Å²) in [6.07, 6.45) is 1.64. The molecule has 1 fully saturated rings. The second-order valence-electron chi connectivity index (χ2n) is 6.28. The third-order valence-corrected chi connectivity index (χ3v) is 4.34. The smallest absolute Gasteiger partial charge is 0.317 e. The lowest BCUT2D eigenvalue weighted by Crippen LogP contribution is -2.51. The summed E-state index contributed by atoms with van der Waals surface area (Å²) in [4.78, 5) is 25.2. The molecular weight excluding hydrogens is 272 g/mol. The molecule has 0 bridgehead atoms. The third kappa shape index (κ3) is 4.59. The minimum absolute atomic E-state index is 0.141. The quantitative estimate of drug-likeness (QED) is 0.787. The van der Waals surface area contributed by atoms with Gasteiger partial charge in [-0.1, -0.05) is 6.92 Å². The van der Waals surface area contributed by atoms with Crippen LogP contribution in [0.25, 0.3) is 0 Å². The second-order valence-corrected chi connectivity index (χ2v) is 6.28. The monoisotopic (exact) mass is 300 g/mol. The number of ether oxygens (including phenoxy) is 1. The third-order valence-electron chi connectivity index (χ3n) is 4.34. The fraction of sp³-hybridized carbons (Fsp3) is 0.867. The number of nitrogens with zero attached hydrogens (tertiary/aromatic N) is 1. The first kappa shape index (κ1) is 17.8. The predicted octanol–water partition coefficient (Wildman–Crippen LogP) is 2.09. The van der Waals surface area contributed by atoms with E-state index in [-0.39, 0.29) is 6.03 Å². The van der Waals surface area contributed by atoms with Gasteiger partial charge in [-0.3, -0.25) is 4.79 Å². The first-order valence-corrected chi connectivity index (χ1v) is 7.66. The molecule has 122 valence electrons. The van der Waals surface area contributed by atoms with E-state index in [0.717, 1.165) is 0 Å². The van der Waals surface area contributed by atoms with E-state index in [9.17, 15) is 14.7 Å². The number of amides is 2. The van der Waals surface area contributed by atoms with Gasteiger partial charge in [-0.25, -0.2) is 4.79 Å². The Balaban J connectivity index is 2.47. The van der Waals surface area contributed by atoms with Gasteiger partial charge in [0.1, 0.15) is 0 Å². The Morgan fingerprint density at radius 1 is 1.29 bits per heavy atom. The average Bonchev–Trinajstić information content (AvgIpc) is 2.44. The van der Waals surface area contributed by atoms with Crippen molar-refractivity contribution < 1.29 is 19.4 Å². The number of carbonyl (C=O) groups is 2. The molecule has 0 aromatic carbocycles. The van der Waals surface area contributed by atoms with E-state index in [1.54, 1.807) is 4.90 Å². The van der Waals surface area contributed by atoms with Gasteiger partial charge in [0.25, 0.3) is 0 Å². The molecule has 0 unspecified atom stereocenters. The highest BCUT2D eigenvalue weighted by Gasteiger charge is 2.40. The highest BCUT2D eigenvalue weighted by Crippen LogP contribution is 2.35. The molecule has 0 aliphatic carbocycles. The molecule has 0 spiro atoms. The molecule has 6 nitrogen and oxygen atoms in total. The Bertz CT molecular complexity index is 374. The zero-order valence-corrected chi connectivity index (χ0v) is 13.6. The molecule has 0 saturated carbocycles. The van der Waals surface area contributed by atoms with Crippen molar-refractivity contribution in [1.29, 1.82) is 0 Å². The molecule has 2 N–H and O–H groups in total. The normalized spacial score (nSPS) is 18.4. The lowest BCUT2D eigenvalue weighted by Gasteiger charge is -2.38. The van der Waals surface area contributed by atoms with Gasteiger partial charge in [0, 0.05) is 26.2 Å². The van der Waals surface area contributed by atoms with E-state index in [4.69, 9.17) is 4.74 Å². The van der Waals surface area contributed by atoms with Crippen molar-refractivity contribution in [2.75, 3.05) is 26.2 Å².